The predicted molar refractivity (Wildman–Crippen MR) is 141 cm³/mol. The first-order valence-corrected chi connectivity index (χ1v) is 13.8. The van der Waals surface area contributed by atoms with Crippen LogP contribution in [0.4, 0.5) is 0 Å². The Morgan fingerprint density at radius 1 is 1.41 bits per heavy atom. The maximum absolute atomic E-state index is 13.0. The lowest BCUT2D eigenvalue weighted by Crippen LogP contribution is -2.44. The van der Waals surface area contributed by atoms with Crippen molar-refractivity contribution in [2.24, 2.45) is 5.11 Å². The van der Waals surface area contributed by atoms with Crippen LogP contribution in [-0.2, 0) is 25.0 Å². The van der Waals surface area contributed by atoms with Gasteiger partial charge in [-0.2, -0.15) is 0 Å². The van der Waals surface area contributed by atoms with E-state index in [9.17, 15) is 23.8 Å². The van der Waals surface area contributed by atoms with Crippen LogP contribution in [0.25, 0.3) is 21.3 Å². The van der Waals surface area contributed by atoms with Crippen LogP contribution >= 0.6 is 7.75 Å². The summed E-state index contributed by atoms with van der Waals surface area (Å²) in [6.45, 7) is 3.09. The summed E-state index contributed by atoms with van der Waals surface area (Å²) in [6.07, 6.45) is 1.33. The molecule has 0 spiro atoms. The van der Waals surface area contributed by atoms with E-state index >= 15 is 0 Å². The molecule has 208 valence electrons. The van der Waals surface area contributed by atoms with Gasteiger partial charge in [0.1, 0.15) is 12.3 Å². The third kappa shape index (κ3) is 6.66. The number of nitrogens with one attached hydrogen (secondary N) is 4. The van der Waals surface area contributed by atoms with Gasteiger partial charge in [0.15, 0.2) is 0 Å². The van der Waals surface area contributed by atoms with E-state index in [4.69, 9.17) is 14.8 Å². The second kappa shape index (κ2) is 12.0. The zero-order valence-corrected chi connectivity index (χ0v) is 22.1. The smallest absolute Gasteiger partial charge is 0.361 e. The van der Waals surface area contributed by atoms with Gasteiger partial charge in [-0.1, -0.05) is 23.3 Å². The Hall–Kier alpha value is -3.71. The third-order valence-corrected chi connectivity index (χ3v) is 7.50. The fourth-order valence-electron chi connectivity index (χ4n) is 4.45. The molecule has 3 aromatic rings. The molecular weight excluding hydrogens is 531 g/mol. The summed E-state index contributed by atoms with van der Waals surface area (Å²) in [5.41, 5.74) is 9.62. The number of hydrogen-bond donors (Lipinski definition) is 5. The second-order valence-corrected chi connectivity index (χ2v) is 10.6. The standard InChI is InChI=1S/C23H29N8O7P/c1-3-25-22(33)18(8-14-10-26-16-7-5-4-6-15(14)16)29-39(35,36)37-12-19-17(28-30-24)9-20(38-19)31-11-13(2)21(32)27-23(31)34/h4-7,10-11,17-20,26H,3,8-9,12H2,1-2H3,(H,25,33)(H,27,32,34)(H2,29,35,36)/t17-,18+,19-,20?/m1/s1. The highest BCUT2D eigenvalue weighted by atomic mass is 31.2. The molecule has 1 saturated heterocycles. The van der Waals surface area contributed by atoms with Crippen molar-refractivity contribution in [3.05, 3.63) is 79.1 Å². The van der Waals surface area contributed by atoms with Crippen molar-refractivity contribution in [3.8, 4) is 0 Å². The average molecular weight is 561 g/mol. The largest absolute Gasteiger partial charge is 0.403 e. The number of azide groups is 1. The van der Waals surface area contributed by atoms with Crippen molar-refractivity contribution < 1.29 is 23.5 Å². The Labute approximate surface area is 221 Å². The van der Waals surface area contributed by atoms with Gasteiger partial charge in [0.2, 0.25) is 5.91 Å². The van der Waals surface area contributed by atoms with Crippen LogP contribution in [-0.4, -0.2) is 56.7 Å². The molecule has 0 aliphatic carbocycles. The van der Waals surface area contributed by atoms with Crippen molar-refractivity contribution in [2.45, 2.75) is 51.1 Å². The fraction of sp³-hybridized carbons (Fsp3) is 0.435. The van der Waals surface area contributed by atoms with E-state index in [-0.39, 0.29) is 18.4 Å². The summed E-state index contributed by atoms with van der Waals surface area (Å²) < 4.78 is 25.3. The summed E-state index contributed by atoms with van der Waals surface area (Å²) in [6, 6.07) is 5.55. The van der Waals surface area contributed by atoms with Crippen LogP contribution in [0, 0.1) is 6.92 Å². The molecule has 3 heterocycles. The molecule has 5 atom stereocenters. The Balaban J connectivity index is 1.47. The lowest BCUT2D eigenvalue weighted by atomic mass is 10.1. The van der Waals surface area contributed by atoms with Crippen molar-refractivity contribution in [1.82, 2.24) is 24.9 Å². The molecular formula is C23H29N8O7P. The number of likely N-dealkylation sites (N-methyl/N-ethyl adjacent to an activating group) is 1. The van der Waals surface area contributed by atoms with Crippen LogP contribution in [0.1, 0.15) is 30.7 Å². The number of hydrogen-bond acceptors (Lipinski definition) is 7. The number of aromatic nitrogens is 3. The van der Waals surface area contributed by atoms with Gasteiger partial charge in [0.25, 0.3) is 5.56 Å². The summed E-state index contributed by atoms with van der Waals surface area (Å²) >= 11 is 0. The third-order valence-electron chi connectivity index (χ3n) is 6.36. The van der Waals surface area contributed by atoms with E-state index in [1.807, 2.05) is 24.3 Å². The van der Waals surface area contributed by atoms with E-state index in [0.29, 0.717) is 6.54 Å². The minimum absolute atomic E-state index is 0.0642. The van der Waals surface area contributed by atoms with Crippen LogP contribution in [0.15, 0.2) is 51.4 Å². The van der Waals surface area contributed by atoms with E-state index in [1.165, 1.54) is 13.1 Å². The molecule has 1 amide bonds. The van der Waals surface area contributed by atoms with Gasteiger partial charge in [0.05, 0.1) is 18.8 Å². The molecule has 1 fully saturated rings. The van der Waals surface area contributed by atoms with Gasteiger partial charge >= 0.3 is 13.4 Å². The summed E-state index contributed by atoms with van der Waals surface area (Å²) in [7, 11) is -4.57. The van der Waals surface area contributed by atoms with Crippen LogP contribution < -0.4 is 21.7 Å². The van der Waals surface area contributed by atoms with Crippen molar-refractivity contribution in [3.63, 3.8) is 0 Å². The number of benzene rings is 1. The number of H-pyrrole nitrogens is 2. The van der Waals surface area contributed by atoms with Crippen molar-refractivity contribution >= 4 is 24.6 Å². The summed E-state index contributed by atoms with van der Waals surface area (Å²) in [4.78, 5) is 55.4. The fourth-order valence-corrected chi connectivity index (χ4v) is 5.47. The molecule has 1 aromatic carbocycles. The van der Waals surface area contributed by atoms with Gasteiger partial charge < -0.3 is 19.9 Å². The van der Waals surface area contributed by atoms with Gasteiger partial charge in [-0.25, -0.2) is 14.4 Å². The molecule has 1 aliphatic heterocycles. The lowest BCUT2D eigenvalue weighted by Gasteiger charge is -2.23. The number of carbonyl (C=O) groups is 1. The summed E-state index contributed by atoms with van der Waals surface area (Å²) in [5.74, 6) is -0.488. The van der Waals surface area contributed by atoms with Crippen LogP contribution in [0.2, 0.25) is 0 Å². The Bertz CT molecular complexity index is 1560. The minimum Gasteiger partial charge on any atom is -0.361 e. The molecule has 2 unspecified atom stereocenters. The average Bonchev–Trinajstić information content (AvgIpc) is 3.49. The minimum atomic E-state index is -4.57. The number of carbonyl (C=O) groups excluding carboxylic acids is 1. The number of ether oxygens (including phenoxy) is 1. The number of para-hydroxylation sites is 1. The predicted octanol–water partition coefficient (Wildman–Crippen LogP) is 1.75. The number of aryl methyl sites for hydroxylation is 1. The summed E-state index contributed by atoms with van der Waals surface area (Å²) in [5, 5.41) is 9.62. The van der Waals surface area contributed by atoms with Gasteiger partial charge in [-0.05, 0) is 37.4 Å². The van der Waals surface area contributed by atoms with E-state index in [2.05, 4.69) is 30.4 Å². The second-order valence-electron chi connectivity index (χ2n) is 9.07. The lowest BCUT2D eigenvalue weighted by molar-refractivity contribution is -0.122. The monoisotopic (exact) mass is 560 g/mol. The van der Waals surface area contributed by atoms with E-state index in [1.54, 1.807) is 13.1 Å². The Morgan fingerprint density at radius 2 is 2.18 bits per heavy atom. The van der Waals surface area contributed by atoms with Gasteiger partial charge in [-0.15, -0.1) is 0 Å². The van der Waals surface area contributed by atoms with Crippen LogP contribution in [0.3, 0.4) is 0 Å². The van der Waals surface area contributed by atoms with Crippen molar-refractivity contribution in [1.29, 1.82) is 0 Å². The van der Waals surface area contributed by atoms with Gasteiger partial charge in [0, 0.05) is 46.7 Å². The Morgan fingerprint density at radius 3 is 2.92 bits per heavy atom. The number of nitrogens with zero attached hydrogens (tertiary/aromatic N) is 4. The molecule has 5 N–H and O–H groups in total. The highest BCUT2D eigenvalue weighted by Gasteiger charge is 2.39. The maximum Gasteiger partial charge on any atom is 0.403 e. The molecule has 16 heteroatoms. The molecule has 0 radical (unpaired) electrons. The zero-order chi connectivity index (χ0) is 28.2. The molecule has 0 bridgehead atoms. The SMILES string of the molecule is CCNC(=O)[C@H](Cc1c[nH]c2ccccc12)NP(=O)(O)OC[C@H]1OC(n2cc(C)c(=O)[nH]c2=O)C[C@H]1N=[N+]=[N-]. The number of rotatable bonds is 11. The topological polar surface area (TPSA) is 216 Å². The molecule has 39 heavy (non-hydrogen) atoms. The first-order chi connectivity index (χ1) is 18.6. The number of aromatic amines is 2. The first-order valence-electron chi connectivity index (χ1n) is 12.2. The number of fused-ring (bicyclic) bond motifs is 1. The molecule has 0 saturated carbocycles. The maximum atomic E-state index is 13.0. The molecule has 1 aliphatic rings. The molecule has 4 rings (SSSR count). The van der Waals surface area contributed by atoms with E-state index in [0.717, 1.165) is 21.0 Å². The number of amides is 1. The molecule has 2 aromatic heterocycles. The Kier molecular flexibility index (Phi) is 8.70. The quantitative estimate of drug-likeness (QED) is 0.100. The highest BCUT2D eigenvalue weighted by Crippen LogP contribution is 2.40. The normalized spacial score (nSPS) is 21.3. The molecule has 15 nitrogen and oxygen atoms in total. The highest BCUT2D eigenvalue weighted by molar-refractivity contribution is 7.50. The first kappa shape index (κ1) is 28.3. The van der Waals surface area contributed by atoms with Crippen molar-refractivity contribution in [2.75, 3.05) is 13.2 Å². The van der Waals surface area contributed by atoms with Gasteiger partial charge in [-0.3, -0.25) is 23.7 Å². The van der Waals surface area contributed by atoms with Crippen LogP contribution in [0.5, 0.6) is 0 Å². The van der Waals surface area contributed by atoms with E-state index < -0.39 is 55.9 Å². The zero-order valence-electron chi connectivity index (χ0n) is 21.2.